The van der Waals surface area contributed by atoms with Gasteiger partial charge in [-0.15, -0.1) is 0 Å². The van der Waals surface area contributed by atoms with Crippen molar-refractivity contribution in [1.82, 2.24) is 20.5 Å². The van der Waals surface area contributed by atoms with E-state index in [4.69, 9.17) is 4.84 Å². The molecule has 1 saturated heterocycles. The predicted octanol–water partition coefficient (Wildman–Crippen LogP) is 1.96. The molecule has 1 spiro atoms. The molecule has 4 rings (SSSR count). The molecule has 0 radical (unpaired) electrons. The van der Waals surface area contributed by atoms with Gasteiger partial charge in [-0.3, -0.25) is 9.78 Å². The molecule has 0 unspecified atom stereocenters. The van der Waals surface area contributed by atoms with Crippen LogP contribution in [0, 0.1) is 0 Å². The highest BCUT2D eigenvalue weighted by atomic mass is 16.7. The summed E-state index contributed by atoms with van der Waals surface area (Å²) in [5, 5.41) is 10.0. The molecule has 1 atom stereocenters. The summed E-state index contributed by atoms with van der Waals surface area (Å²) in [5.74, 6) is -0.231. The number of amides is 3. The van der Waals surface area contributed by atoms with Crippen molar-refractivity contribution in [2.75, 3.05) is 13.1 Å². The summed E-state index contributed by atoms with van der Waals surface area (Å²) in [7, 11) is 0. The molecule has 3 heterocycles. The fraction of sp³-hybridized carbons (Fsp3) is 0.600. The van der Waals surface area contributed by atoms with Gasteiger partial charge in [-0.2, -0.15) is 0 Å². The number of carbonyl (C=O) groups excluding carboxylic acids is 2. The molecule has 0 aromatic carbocycles. The average molecular weight is 385 g/mol. The molecular weight excluding hydrogens is 358 g/mol. The molecule has 28 heavy (non-hydrogen) atoms. The molecule has 2 aliphatic heterocycles. The zero-order valence-corrected chi connectivity index (χ0v) is 16.0. The minimum absolute atomic E-state index is 0.0261. The second-order valence-electron chi connectivity index (χ2n) is 7.99. The number of aromatic nitrogens is 1. The third kappa shape index (κ3) is 4.26. The standard InChI is InChI=1S/C20H27N5O3/c26-18(22-13-15-5-4-9-21-12-15)17-11-20(28-24-17)8-10-25(14-20)19(27)23-16-6-2-1-3-7-16/h4-5,9,12,16H,1-3,6-8,10-11,13-14H2,(H,22,26)(H,23,27)/t20-/m1/s1. The van der Waals surface area contributed by atoms with Gasteiger partial charge in [0.25, 0.3) is 5.91 Å². The summed E-state index contributed by atoms with van der Waals surface area (Å²) in [6, 6.07) is 3.99. The van der Waals surface area contributed by atoms with Gasteiger partial charge < -0.3 is 20.4 Å². The summed E-state index contributed by atoms with van der Waals surface area (Å²) in [5.41, 5.74) is 0.750. The van der Waals surface area contributed by atoms with Crippen molar-refractivity contribution in [1.29, 1.82) is 0 Å². The molecule has 2 N–H and O–H groups in total. The van der Waals surface area contributed by atoms with Gasteiger partial charge in [0.1, 0.15) is 5.71 Å². The van der Waals surface area contributed by atoms with Crippen LogP contribution in [0.5, 0.6) is 0 Å². The molecule has 8 nitrogen and oxygen atoms in total. The molecule has 1 aliphatic carbocycles. The number of rotatable bonds is 4. The maximum absolute atomic E-state index is 12.6. The number of urea groups is 1. The first kappa shape index (κ1) is 18.7. The Hall–Kier alpha value is -2.64. The second-order valence-corrected chi connectivity index (χ2v) is 7.99. The quantitative estimate of drug-likeness (QED) is 0.828. The van der Waals surface area contributed by atoms with Crippen LogP contribution in [-0.4, -0.2) is 52.3 Å². The van der Waals surface area contributed by atoms with Gasteiger partial charge in [0, 0.05) is 44.4 Å². The number of hydrogen-bond acceptors (Lipinski definition) is 5. The Kier molecular flexibility index (Phi) is 5.45. The van der Waals surface area contributed by atoms with Crippen LogP contribution in [0.25, 0.3) is 0 Å². The number of likely N-dealkylation sites (tertiary alicyclic amines) is 1. The Labute approximate surface area is 164 Å². The van der Waals surface area contributed by atoms with Crippen LogP contribution in [0.2, 0.25) is 0 Å². The average Bonchev–Trinajstić information content (AvgIpc) is 3.35. The van der Waals surface area contributed by atoms with E-state index < -0.39 is 5.60 Å². The van der Waals surface area contributed by atoms with E-state index in [2.05, 4.69) is 20.8 Å². The van der Waals surface area contributed by atoms with Gasteiger partial charge in [0.15, 0.2) is 5.60 Å². The molecule has 150 valence electrons. The zero-order chi connectivity index (χ0) is 19.4. The molecule has 1 aromatic heterocycles. The van der Waals surface area contributed by atoms with Crippen molar-refractivity contribution >= 4 is 17.6 Å². The van der Waals surface area contributed by atoms with E-state index in [0.717, 1.165) is 18.4 Å². The monoisotopic (exact) mass is 385 g/mol. The Morgan fingerprint density at radius 1 is 1.29 bits per heavy atom. The lowest BCUT2D eigenvalue weighted by molar-refractivity contribution is -0.115. The van der Waals surface area contributed by atoms with E-state index in [1.54, 1.807) is 17.3 Å². The van der Waals surface area contributed by atoms with Crippen LogP contribution in [0.1, 0.15) is 50.5 Å². The molecule has 2 fully saturated rings. The van der Waals surface area contributed by atoms with Gasteiger partial charge in [-0.25, -0.2) is 4.79 Å². The Morgan fingerprint density at radius 3 is 2.93 bits per heavy atom. The zero-order valence-electron chi connectivity index (χ0n) is 16.0. The molecular formula is C20H27N5O3. The van der Waals surface area contributed by atoms with Crippen LogP contribution < -0.4 is 10.6 Å². The van der Waals surface area contributed by atoms with Crippen molar-refractivity contribution in [3.63, 3.8) is 0 Å². The lowest BCUT2D eigenvalue weighted by Crippen LogP contribution is -2.46. The van der Waals surface area contributed by atoms with Crippen molar-refractivity contribution in [3.8, 4) is 0 Å². The highest BCUT2D eigenvalue weighted by molar-refractivity contribution is 6.39. The van der Waals surface area contributed by atoms with E-state index in [1.165, 1.54) is 19.3 Å². The molecule has 1 saturated carbocycles. The van der Waals surface area contributed by atoms with Gasteiger partial charge in [0.05, 0.1) is 6.54 Å². The first-order valence-corrected chi connectivity index (χ1v) is 10.1. The maximum atomic E-state index is 12.6. The smallest absolute Gasteiger partial charge is 0.317 e. The first-order valence-electron chi connectivity index (χ1n) is 10.1. The van der Waals surface area contributed by atoms with Crippen LogP contribution in [0.15, 0.2) is 29.7 Å². The summed E-state index contributed by atoms with van der Waals surface area (Å²) in [6.45, 7) is 1.49. The molecule has 1 aromatic rings. The van der Waals surface area contributed by atoms with Crippen molar-refractivity contribution in [2.24, 2.45) is 5.16 Å². The van der Waals surface area contributed by atoms with Crippen LogP contribution in [-0.2, 0) is 16.2 Å². The SMILES string of the molecule is O=C(NCc1cccnc1)C1=NO[C@]2(CCN(C(=O)NC3CCCCC3)C2)C1. The summed E-state index contributed by atoms with van der Waals surface area (Å²) in [4.78, 5) is 36.4. The molecule has 3 aliphatic rings. The lowest BCUT2D eigenvalue weighted by Gasteiger charge is -2.27. The highest BCUT2D eigenvalue weighted by Crippen LogP contribution is 2.34. The van der Waals surface area contributed by atoms with Gasteiger partial charge in [-0.1, -0.05) is 30.5 Å². The third-order valence-electron chi connectivity index (χ3n) is 5.81. The maximum Gasteiger partial charge on any atom is 0.317 e. The first-order chi connectivity index (χ1) is 13.6. The second kappa shape index (κ2) is 8.16. The summed E-state index contributed by atoms with van der Waals surface area (Å²) >= 11 is 0. The number of oxime groups is 1. The van der Waals surface area contributed by atoms with Gasteiger partial charge >= 0.3 is 6.03 Å². The Morgan fingerprint density at radius 2 is 2.14 bits per heavy atom. The van der Waals surface area contributed by atoms with Crippen LogP contribution >= 0.6 is 0 Å². The molecule has 3 amide bonds. The van der Waals surface area contributed by atoms with Crippen LogP contribution in [0.3, 0.4) is 0 Å². The molecule has 0 bridgehead atoms. The van der Waals surface area contributed by atoms with E-state index >= 15 is 0 Å². The summed E-state index contributed by atoms with van der Waals surface area (Å²) in [6.07, 6.45) is 10.3. The number of carbonyl (C=O) groups is 2. The van der Waals surface area contributed by atoms with E-state index in [1.807, 2.05) is 12.1 Å². The minimum Gasteiger partial charge on any atom is -0.386 e. The highest BCUT2D eigenvalue weighted by Gasteiger charge is 2.48. The van der Waals surface area contributed by atoms with Crippen molar-refractivity contribution < 1.29 is 14.4 Å². The van der Waals surface area contributed by atoms with Gasteiger partial charge in [0.2, 0.25) is 0 Å². The number of nitrogens with zero attached hydrogens (tertiary/aromatic N) is 3. The predicted molar refractivity (Wildman–Crippen MR) is 104 cm³/mol. The van der Waals surface area contributed by atoms with E-state index in [9.17, 15) is 9.59 Å². The van der Waals surface area contributed by atoms with Crippen molar-refractivity contribution in [2.45, 2.75) is 63.1 Å². The lowest BCUT2D eigenvalue weighted by atomic mass is 9.95. The Bertz CT molecular complexity index is 747. The normalized spacial score (nSPS) is 24.7. The minimum atomic E-state index is -0.565. The fourth-order valence-electron chi connectivity index (χ4n) is 4.18. The Balaban J connectivity index is 1.26. The number of nitrogens with one attached hydrogen (secondary N) is 2. The van der Waals surface area contributed by atoms with E-state index in [-0.39, 0.29) is 18.0 Å². The van der Waals surface area contributed by atoms with Crippen LogP contribution in [0.4, 0.5) is 4.79 Å². The number of pyridine rings is 1. The third-order valence-corrected chi connectivity index (χ3v) is 5.81. The van der Waals surface area contributed by atoms with Gasteiger partial charge in [-0.05, 0) is 24.5 Å². The summed E-state index contributed by atoms with van der Waals surface area (Å²) < 4.78 is 0. The topological polar surface area (TPSA) is 95.9 Å². The largest absolute Gasteiger partial charge is 0.386 e. The number of hydrogen-bond donors (Lipinski definition) is 2. The molecule has 8 heteroatoms. The fourth-order valence-corrected chi connectivity index (χ4v) is 4.18. The van der Waals surface area contributed by atoms with E-state index in [0.29, 0.717) is 38.2 Å². The van der Waals surface area contributed by atoms with Crippen molar-refractivity contribution in [3.05, 3.63) is 30.1 Å².